The van der Waals surface area contributed by atoms with Crippen LogP contribution >= 0.6 is 39.0 Å². The van der Waals surface area contributed by atoms with Crippen molar-refractivity contribution in [2.45, 2.75) is 11.8 Å². The summed E-state index contributed by atoms with van der Waals surface area (Å²) in [5.41, 5.74) is 1.37. The standard InChI is InChI=1S/C10H9BrS2/c1-6-5-8(12-2)9(11)7-3-4-13-10(6)7/h3-5H,1-2H3. The van der Waals surface area contributed by atoms with Gasteiger partial charge in [-0.25, -0.2) is 0 Å². The van der Waals surface area contributed by atoms with Gasteiger partial charge in [-0.15, -0.1) is 23.1 Å². The Morgan fingerprint density at radius 2 is 2.23 bits per heavy atom. The van der Waals surface area contributed by atoms with Crippen molar-refractivity contribution < 1.29 is 0 Å². The van der Waals surface area contributed by atoms with E-state index >= 15 is 0 Å². The first-order valence-corrected chi connectivity index (χ1v) is 6.84. The first-order chi connectivity index (χ1) is 6.24. The Bertz CT molecular complexity index is 445. The predicted molar refractivity (Wildman–Crippen MR) is 66.0 cm³/mol. The molecule has 0 radical (unpaired) electrons. The van der Waals surface area contributed by atoms with E-state index in [0.29, 0.717) is 0 Å². The van der Waals surface area contributed by atoms with Crippen molar-refractivity contribution in [1.29, 1.82) is 0 Å². The van der Waals surface area contributed by atoms with Gasteiger partial charge in [0, 0.05) is 19.5 Å². The number of rotatable bonds is 1. The molecular formula is C10H9BrS2. The number of thioether (sulfide) groups is 1. The highest BCUT2D eigenvalue weighted by Crippen LogP contribution is 2.37. The number of hydrogen-bond donors (Lipinski definition) is 0. The lowest BCUT2D eigenvalue weighted by Gasteiger charge is -2.04. The number of fused-ring (bicyclic) bond motifs is 1. The monoisotopic (exact) mass is 272 g/mol. The molecule has 2 rings (SSSR count). The van der Waals surface area contributed by atoms with E-state index < -0.39 is 0 Å². The van der Waals surface area contributed by atoms with Gasteiger partial charge in [0.2, 0.25) is 0 Å². The van der Waals surface area contributed by atoms with E-state index in [1.54, 1.807) is 11.8 Å². The molecule has 0 saturated heterocycles. The van der Waals surface area contributed by atoms with E-state index in [9.17, 15) is 0 Å². The molecule has 0 aliphatic carbocycles. The summed E-state index contributed by atoms with van der Waals surface area (Å²) in [4.78, 5) is 1.32. The topological polar surface area (TPSA) is 0 Å². The van der Waals surface area contributed by atoms with Gasteiger partial charge in [0.05, 0.1) is 0 Å². The molecule has 68 valence electrons. The Balaban J connectivity index is 2.85. The molecule has 2 aromatic rings. The third kappa shape index (κ3) is 1.53. The maximum Gasteiger partial charge on any atom is 0.0398 e. The van der Waals surface area contributed by atoms with E-state index in [2.05, 4.69) is 46.6 Å². The lowest BCUT2D eigenvalue weighted by atomic mass is 10.2. The molecule has 0 unspecified atom stereocenters. The molecule has 1 heterocycles. The van der Waals surface area contributed by atoms with E-state index in [1.165, 1.54) is 25.0 Å². The van der Waals surface area contributed by atoms with Crippen molar-refractivity contribution in [2.24, 2.45) is 0 Å². The molecule has 0 fully saturated rings. The average molecular weight is 273 g/mol. The summed E-state index contributed by atoms with van der Waals surface area (Å²) in [6.07, 6.45) is 2.11. The van der Waals surface area contributed by atoms with Gasteiger partial charge in [-0.05, 0) is 52.2 Å². The molecule has 3 heteroatoms. The number of hydrogen-bond acceptors (Lipinski definition) is 2. The van der Waals surface area contributed by atoms with Gasteiger partial charge in [0.1, 0.15) is 0 Å². The van der Waals surface area contributed by atoms with Crippen LogP contribution in [0.5, 0.6) is 0 Å². The number of aryl methyl sites for hydroxylation is 1. The Hall–Kier alpha value is 0.01000. The second-order valence-electron chi connectivity index (χ2n) is 2.87. The van der Waals surface area contributed by atoms with Crippen molar-refractivity contribution in [3.8, 4) is 0 Å². The molecule has 0 aliphatic heterocycles. The van der Waals surface area contributed by atoms with Crippen molar-refractivity contribution in [1.82, 2.24) is 0 Å². The highest BCUT2D eigenvalue weighted by atomic mass is 79.9. The van der Waals surface area contributed by atoms with Crippen LogP contribution in [0.15, 0.2) is 26.9 Å². The number of thiophene rings is 1. The largest absolute Gasteiger partial charge is 0.143 e. The van der Waals surface area contributed by atoms with Gasteiger partial charge in [-0.3, -0.25) is 0 Å². The Labute approximate surface area is 94.5 Å². The van der Waals surface area contributed by atoms with Crippen LogP contribution in [-0.4, -0.2) is 6.26 Å². The van der Waals surface area contributed by atoms with Gasteiger partial charge in [0.25, 0.3) is 0 Å². The van der Waals surface area contributed by atoms with Crippen LogP contribution in [0.1, 0.15) is 5.56 Å². The second kappa shape index (κ2) is 3.64. The average Bonchev–Trinajstić information content (AvgIpc) is 2.60. The lowest BCUT2D eigenvalue weighted by Crippen LogP contribution is -1.78. The van der Waals surface area contributed by atoms with Gasteiger partial charge in [-0.2, -0.15) is 0 Å². The van der Waals surface area contributed by atoms with Crippen molar-refractivity contribution in [3.05, 3.63) is 27.5 Å². The molecule has 0 saturated carbocycles. The van der Waals surface area contributed by atoms with Gasteiger partial charge in [-0.1, -0.05) is 0 Å². The minimum Gasteiger partial charge on any atom is -0.143 e. The molecule has 0 N–H and O–H groups in total. The summed E-state index contributed by atoms with van der Waals surface area (Å²) < 4.78 is 2.63. The van der Waals surface area contributed by atoms with Crippen LogP contribution in [0, 0.1) is 6.92 Å². The van der Waals surface area contributed by atoms with Crippen molar-refractivity contribution in [2.75, 3.05) is 6.26 Å². The molecule has 13 heavy (non-hydrogen) atoms. The fourth-order valence-electron chi connectivity index (χ4n) is 1.39. The smallest absolute Gasteiger partial charge is 0.0398 e. The van der Waals surface area contributed by atoms with Crippen LogP contribution in [0.2, 0.25) is 0 Å². The Morgan fingerprint density at radius 3 is 2.92 bits per heavy atom. The molecule has 0 bridgehead atoms. The number of benzene rings is 1. The molecule has 1 aromatic heterocycles. The van der Waals surface area contributed by atoms with E-state index in [1.807, 2.05) is 11.3 Å². The minimum atomic E-state index is 1.24. The van der Waals surface area contributed by atoms with Crippen LogP contribution in [0.25, 0.3) is 10.1 Å². The molecule has 0 atom stereocenters. The molecule has 0 spiro atoms. The highest BCUT2D eigenvalue weighted by Gasteiger charge is 2.07. The summed E-state index contributed by atoms with van der Waals surface area (Å²) in [6.45, 7) is 2.17. The highest BCUT2D eigenvalue weighted by molar-refractivity contribution is 9.10. The molecular weight excluding hydrogens is 264 g/mol. The van der Waals surface area contributed by atoms with Crippen molar-refractivity contribution >= 4 is 49.1 Å². The summed E-state index contributed by atoms with van der Waals surface area (Å²) in [5, 5.41) is 3.49. The maximum absolute atomic E-state index is 3.64. The van der Waals surface area contributed by atoms with Gasteiger partial charge >= 0.3 is 0 Å². The van der Waals surface area contributed by atoms with Crippen molar-refractivity contribution in [3.63, 3.8) is 0 Å². The summed E-state index contributed by atoms with van der Waals surface area (Å²) in [5.74, 6) is 0. The zero-order valence-corrected chi connectivity index (χ0v) is 10.6. The summed E-state index contributed by atoms with van der Waals surface area (Å²) in [7, 11) is 0. The van der Waals surface area contributed by atoms with Crippen LogP contribution in [0.3, 0.4) is 0 Å². The van der Waals surface area contributed by atoms with Gasteiger partial charge in [0.15, 0.2) is 0 Å². The van der Waals surface area contributed by atoms with E-state index in [4.69, 9.17) is 0 Å². The van der Waals surface area contributed by atoms with E-state index in [-0.39, 0.29) is 0 Å². The first-order valence-electron chi connectivity index (χ1n) is 3.94. The fourth-order valence-corrected chi connectivity index (χ4v) is 3.92. The zero-order valence-electron chi connectivity index (χ0n) is 7.43. The third-order valence-corrected chi connectivity index (χ3v) is 4.97. The molecule has 0 aliphatic rings. The van der Waals surface area contributed by atoms with E-state index in [0.717, 1.165) is 0 Å². The SMILES string of the molecule is CSc1cc(C)c2sccc2c1Br. The lowest BCUT2D eigenvalue weighted by molar-refractivity contribution is 1.40. The van der Waals surface area contributed by atoms with Crippen LogP contribution in [0.4, 0.5) is 0 Å². The predicted octanol–water partition coefficient (Wildman–Crippen LogP) is 4.69. The van der Waals surface area contributed by atoms with Gasteiger partial charge < -0.3 is 0 Å². The summed E-state index contributed by atoms with van der Waals surface area (Å²) in [6, 6.07) is 4.42. The normalized spacial score (nSPS) is 11.0. The van der Waals surface area contributed by atoms with Crippen LogP contribution < -0.4 is 0 Å². The minimum absolute atomic E-state index is 1.24. The third-order valence-electron chi connectivity index (χ3n) is 2.04. The second-order valence-corrected chi connectivity index (χ2v) is 5.43. The molecule has 1 aromatic carbocycles. The number of halogens is 1. The maximum atomic E-state index is 3.64. The molecule has 0 amide bonds. The quantitative estimate of drug-likeness (QED) is 0.679. The fraction of sp³-hybridized carbons (Fsp3) is 0.200. The Morgan fingerprint density at radius 1 is 1.46 bits per heavy atom. The first kappa shape index (κ1) is 9.56. The Kier molecular flexibility index (Phi) is 2.67. The summed E-state index contributed by atoms with van der Waals surface area (Å²) >= 11 is 7.23. The molecule has 0 nitrogen and oxygen atoms in total. The zero-order chi connectivity index (χ0) is 9.42. The van der Waals surface area contributed by atoms with Crippen LogP contribution in [-0.2, 0) is 0 Å².